The Morgan fingerprint density at radius 2 is 2.16 bits per heavy atom. The number of hydrogen-bond donors (Lipinski definition) is 1. The number of aromatic nitrogens is 2. The van der Waals surface area contributed by atoms with Crippen molar-refractivity contribution in [2.45, 2.75) is 38.5 Å². The molecule has 1 aromatic carbocycles. The van der Waals surface area contributed by atoms with Crippen molar-refractivity contribution in [3.05, 3.63) is 76.0 Å². The van der Waals surface area contributed by atoms with Crippen LogP contribution >= 0.6 is 11.3 Å². The Hall–Kier alpha value is -3.39. The lowest BCUT2D eigenvalue weighted by atomic mass is 9.98. The van der Waals surface area contributed by atoms with E-state index in [1.54, 1.807) is 23.5 Å². The third kappa shape index (κ3) is 3.60. The van der Waals surface area contributed by atoms with E-state index in [2.05, 4.69) is 4.98 Å². The van der Waals surface area contributed by atoms with Gasteiger partial charge in [-0.25, -0.2) is 4.98 Å². The van der Waals surface area contributed by atoms with E-state index in [9.17, 15) is 14.7 Å². The maximum atomic E-state index is 13.1. The first-order valence-corrected chi connectivity index (χ1v) is 11.5. The lowest BCUT2D eigenvalue weighted by molar-refractivity contribution is -0.139. The van der Waals surface area contributed by atoms with Gasteiger partial charge in [0.1, 0.15) is 17.6 Å². The number of ketones is 1. The number of hydrogen-bond acceptors (Lipinski definition) is 6. The molecular formula is C24H23N3O4S. The molecule has 32 heavy (non-hydrogen) atoms. The summed E-state index contributed by atoms with van der Waals surface area (Å²) in [5.74, 6) is -0.563. The summed E-state index contributed by atoms with van der Waals surface area (Å²) >= 11 is 1.47. The van der Waals surface area contributed by atoms with Crippen molar-refractivity contribution in [1.82, 2.24) is 14.5 Å². The summed E-state index contributed by atoms with van der Waals surface area (Å²) in [6.07, 6.45) is 6.79. The van der Waals surface area contributed by atoms with Gasteiger partial charge in [-0.05, 0) is 48.6 Å². The minimum absolute atomic E-state index is 0.0783. The molecular weight excluding hydrogens is 426 g/mol. The second-order valence-corrected chi connectivity index (χ2v) is 9.10. The number of thiophene rings is 1. The summed E-state index contributed by atoms with van der Waals surface area (Å²) in [4.78, 5) is 32.5. The number of aliphatic hydroxyl groups excluding tert-OH is 1. The molecule has 2 atom stereocenters. The zero-order chi connectivity index (χ0) is 22.2. The molecule has 8 heteroatoms. The highest BCUT2D eigenvalue weighted by Crippen LogP contribution is 2.42. The van der Waals surface area contributed by atoms with Gasteiger partial charge in [0, 0.05) is 42.3 Å². The van der Waals surface area contributed by atoms with Gasteiger partial charge in [0.2, 0.25) is 0 Å². The molecule has 4 heterocycles. The third-order valence-corrected chi connectivity index (χ3v) is 6.82. The van der Waals surface area contributed by atoms with Gasteiger partial charge >= 0.3 is 0 Å². The summed E-state index contributed by atoms with van der Waals surface area (Å²) in [5.41, 5.74) is 1.66. The predicted octanol–water partition coefficient (Wildman–Crippen LogP) is 3.78. The number of carbonyl (C=O) groups is 2. The van der Waals surface area contributed by atoms with Crippen LogP contribution in [0.15, 0.2) is 60.0 Å². The monoisotopic (exact) mass is 449 g/mol. The molecule has 2 aliphatic heterocycles. The fourth-order valence-electron chi connectivity index (χ4n) is 4.42. The highest BCUT2D eigenvalue weighted by atomic mass is 32.1. The van der Waals surface area contributed by atoms with Crippen molar-refractivity contribution in [3.63, 3.8) is 0 Å². The van der Waals surface area contributed by atoms with Crippen LogP contribution in [0.4, 0.5) is 0 Å². The number of Topliss-reactive ketones (excluding diaryl/α,β-unsaturated/α-hetero) is 1. The molecule has 7 nitrogen and oxygen atoms in total. The molecule has 2 aliphatic rings. The zero-order valence-electron chi connectivity index (χ0n) is 17.6. The number of nitrogens with zero attached hydrogens (tertiary/aromatic N) is 3. The highest BCUT2D eigenvalue weighted by Gasteiger charge is 2.46. The second-order valence-electron chi connectivity index (χ2n) is 8.12. The summed E-state index contributed by atoms with van der Waals surface area (Å²) < 4.78 is 7.68. The molecule has 0 unspecified atom stereocenters. The quantitative estimate of drug-likeness (QED) is 0.352. The average molecular weight is 450 g/mol. The summed E-state index contributed by atoms with van der Waals surface area (Å²) in [5, 5.41) is 13.1. The van der Waals surface area contributed by atoms with Gasteiger partial charge in [0.05, 0.1) is 17.9 Å². The SMILES string of the molecule is C[C@H]1Cc2cc(/C(O)=C3\C(=O)C(=O)N(CCCn4ccnc4)[C@@H]3c3cccs3)ccc2O1. The fraction of sp³-hybridized carbons (Fsp3) is 0.292. The standard InChI is InChI=1S/C24H23N3O4S/c1-15-12-17-13-16(5-6-18(17)31-15)22(28)20-21(19-4-2-11-32-19)27(24(30)23(20)29)9-3-8-26-10-7-25-14-26/h2,4-7,10-11,13-15,21,28H,3,8-9,12H2,1H3/b22-20+/t15-,21+/m0/s1. The molecule has 0 aliphatic carbocycles. The van der Waals surface area contributed by atoms with E-state index in [0.29, 0.717) is 25.1 Å². The zero-order valence-corrected chi connectivity index (χ0v) is 18.4. The number of ether oxygens (including phenoxy) is 1. The average Bonchev–Trinajstić information content (AvgIpc) is 3.57. The molecule has 1 fully saturated rings. The third-order valence-electron chi connectivity index (χ3n) is 5.90. The Labute approximate surface area is 189 Å². The fourth-order valence-corrected chi connectivity index (χ4v) is 5.27. The summed E-state index contributed by atoms with van der Waals surface area (Å²) in [7, 11) is 0. The van der Waals surface area contributed by atoms with E-state index in [1.807, 2.05) is 47.3 Å². The molecule has 3 aromatic rings. The van der Waals surface area contributed by atoms with Gasteiger partial charge in [0.25, 0.3) is 11.7 Å². The normalized spacial score (nSPS) is 21.7. The van der Waals surface area contributed by atoms with Crippen LogP contribution in [0.3, 0.4) is 0 Å². The number of amides is 1. The number of likely N-dealkylation sites (tertiary alicyclic amines) is 1. The van der Waals surface area contributed by atoms with Crippen LogP contribution in [0.1, 0.15) is 35.4 Å². The Kier molecular flexibility index (Phi) is 5.30. The molecule has 1 N–H and O–H groups in total. The Balaban J connectivity index is 1.49. The molecule has 5 rings (SSSR count). The van der Waals surface area contributed by atoms with Gasteiger partial charge in [-0.15, -0.1) is 11.3 Å². The van der Waals surface area contributed by atoms with Crippen molar-refractivity contribution in [2.75, 3.05) is 6.54 Å². The first kappa shape index (κ1) is 20.5. The number of carbonyl (C=O) groups excluding carboxylic acids is 2. The van der Waals surface area contributed by atoms with E-state index in [1.165, 1.54) is 11.3 Å². The van der Waals surface area contributed by atoms with Crippen molar-refractivity contribution in [1.29, 1.82) is 0 Å². The van der Waals surface area contributed by atoms with Crippen molar-refractivity contribution in [2.24, 2.45) is 0 Å². The van der Waals surface area contributed by atoms with Crippen LogP contribution in [0, 0.1) is 0 Å². The van der Waals surface area contributed by atoms with Crippen LogP contribution in [-0.4, -0.2) is 43.9 Å². The molecule has 0 saturated carbocycles. The summed E-state index contributed by atoms with van der Waals surface area (Å²) in [6, 6.07) is 8.60. The second kappa shape index (κ2) is 8.27. The number of rotatable bonds is 6. The van der Waals surface area contributed by atoms with E-state index in [0.717, 1.165) is 22.6 Å². The van der Waals surface area contributed by atoms with Gasteiger partial charge in [-0.2, -0.15) is 0 Å². The number of benzene rings is 1. The van der Waals surface area contributed by atoms with Crippen molar-refractivity contribution in [3.8, 4) is 5.75 Å². The number of aliphatic hydroxyl groups is 1. The lowest BCUT2D eigenvalue weighted by Gasteiger charge is -2.24. The first-order chi connectivity index (χ1) is 15.5. The number of aryl methyl sites for hydroxylation is 1. The molecule has 1 saturated heterocycles. The van der Waals surface area contributed by atoms with Crippen LogP contribution in [0.25, 0.3) is 5.76 Å². The summed E-state index contributed by atoms with van der Waals surface area (Å²) in [6.45, 7) is 3.08. The van der Waals surface area contributed by atoms with Crippen LogP contribution in [-0.2, 0) is 22.6 Å². The van der Waals surface area contributed by atoms with Crippen LogP contribution < -0.4 is 4.74 Å². The van der Waals surface area contributed by atoms with Crippen molar-refractivity contribution >= 4 is 28.8 Å². The van der Waals surface area contributed by atoms with Gasteiger partial charge in [0.15, 0.2) is 0 Å². The number of imidazole rings is 1. The smallest absolute Gasteiger partial charge is 0.295 e. The maximum absolute atomic E-state index is 13.1. The predicted molar refractivity (Wildman–Crippen MR) is 120 cm³/mol. The maximum Gasteiger partial charge on any atom is 0.295 e. The van der Waals surface area contributed by atoms with Crippen LogP contribution in [0.2, 0.25) is 0 Å². The van der Waals surface area contributed by atoms with Gasteiger partial charge in [-0.3, -0.25) is 9.59 Å². The molecule has 1 amide bonds. The largest absolute Gasteiger partial charge is 0.507 e. The van der Waals surface area contributed by atoms with Crippen LogP contribution in [0.5, 0.6) is 5.75 Å². The molecule has 164 valence electrons. The minimum Gasteiger partial charge on any atom is -0.507 e. The Bertz CT molecular complexity index is 1180. The van der Waals surface area contributed by atoms with Crippen molar-refractivity contribution < 1.29 is 19.4 Å². The highest BCUT2D eigenvalue weighted by molar-refractivity contribution is 7.10. The van der Waals surface area contributed by atoms with E-state index in [4.69, 9.17) is 4.74 Å². The minimum atomic E-state index is -0.645. The molecule has 0 spiro atoms. The molecule has 0 radical (unpaired) electrons. The van der Waals surface area contributed by atoms with Gasteiger partial charge in [-0.1, -0.05) is 6.07 Å². The topological polar surface area (TPSA) is 84.7 Å². The van der Waals surface area contributed by atoms with Gasteiger partial charge < -0.3 is 19.3 Å². The number of fused-ring (bicyclic) bond motifs is 1. The van der Waals surface area contributed by atoms with E-state index < -0.39 is 17.7 Å². The van der Waals surface area contributed by atoms with E-state index >= 15 is 0 Å². The molecule has 2 aromatic heterocycles. The van der Waals surface area contributed by atoms with E-state index in [-0.39, 0.29) is 17.4 Å². The Morgan fingerprint density at radius 1 is 1.28 bits per heavy atom. The first-order valence-electron chi connectivity index (χ1n) is 10.6. The molecule has 0 bridgehead atoms. The lowest BCUT2D eigenvalue weighted by Crippen LogP contribution is -2.31. The Morgan fingerprint density at radius 3 is 2.91 bits per heavy atom.